The number of nitrogens with zero attached hydrogens (tertiary/aromatic N) is 4. The first-order valence-corrected chi connectivity index (χ1v) is 15.5. The van der Waals surface area contributed by atoms with Gasteiger partial charge in [0.1, 0.15) is 11.5 Å². The van der Waals surface area contributed by atoms with Crippen LogP contribution < -0.4 is 9.64 Å². The molecule has 1 aliphatic heterocycles. The summed E-state index contributed by atoms with van der Waals surface area (Å²) < 4.78 is 44.9. The molecule has 11 nitrogen and oxygen atoms in total. The molecular weight excluding hydrogens is 568 g/mol. The predicted molar refractivity (Wildman–Crippen MR) is 154 cm³/mol. The number of piperazine rings is 1. The molecule has 2 amide bonds. The Balaban J connectivity index is 1.36. The highest BCUT2D eigenvalue weighted by Crippen LogP contribution is 2.33. The highest BCUT2D eigenvalue weighted by atomic mass is 32.2. The molecule has 2 aromatic heterocycles. The fourth-order valence-electron chi connectivity index (χ4n) is 4.45. The third kappa shape index (κ3) is 6.21. The standard InChI is InChI=1S/C28H30N4O7S2/c1-3-37-21-9-12-24-25(18-21)40-27(29-24)32(19-22-6-5-17-39-22)26(33)20-7-10-23(11-8-20)41(35,36)31-15-13-30(14-16-31)28(34)38-4-2/h5-12,17-18H,3-4,13-16,19H2,1-2H3. The molecule has 1 fully saturated rings. The van der Waals surface area contributed by atoms with E-state index >= 15 is 0 Å². The van der Waals surface area contributed by atoms with E-state index in [1.807, 2.05) is 25.1 Å². The quantitative estimate of drug-likeness (QED) is 0.274. The van der Waals surface area contributed by atoms with Gasteiger partial charge >= 0.3 is 6.09 Å². The van der Waals surface area contributed by atoms with Gasteiger partial charge in [-0.3, -0.25) is 9.69 Å². The van der Waals surface area contributed by atoms with Crippen molar-refractivity contribution >= 4 is 48.7 Å². The van der Waals surface area contributed by atoms with Gasteiger partial charge < -0.3 is 18.8 Å². The molecule has 1 aliphatic rings. The van der Waals surface area contributed by atoms with E-state index in [4.69, 9.17) is 13.9 Å². The van der Waals surface area contributed by atoms with Crippen molar-refractivity contribution in [3.05, 3.63) is 72.2 Å². The van der Waals surface area contributed by atoms with Gasteiger partial charge in [-0.15, -0.1) is 0 Å². The Morgan fingerprint density at radius 2 is 1.78 bits per heavy atom. The van der Waals surface area contributed by atoms with Crippen molar-refractivity contribution in [2.75, 3.05) is 44.3 Å². The summed E-state index contributed by atoms with van der Waals surface area (Å²) in [6, 6.07) is 15.0. The summed E-state index contributed by atoms with van der Waals surface area (Å²) in [4.78, 5) is 33.5. The number of hydrogen-bond acceptors (Lipinski definition) is 9. The number of carbonyl (C=O) groups excluding carboxylic acids is 2. The normalized spacial score (nSPS) is 14.2. The summed E-state index contributed by atoms with van der Waals surface area (Å²) in [5.74, 6) is 0.949. The smallest absolute Gasteiger partial charge is 0.409 e. The minimum Gasteiger partial charge on any atom is -0.494 e. The number of thiazole rings is 1. The average Bonchev–Trinajstić information content (AvgIpc) is 3.66. The fraction of sp³-hybridized carbons (Fsp3) is 0.321. The second-order valence-corrected chi connectivity index (χ2v) is 12.1. The molecule has 5 rings (SSSR count). The molecule has 0 N–H and O–H groups in total. The second kappa shape index (κ2) is 12.3. The number of benzene rings is 2. The molecule has 1 saturated heterocycles. The molecule has 0 radical (unpaired) electrons. The molecule has 0 atom stereocenters. The highest BCUT2D eigenvalue weighted by molar-refractivity contribution is 7.89. The lowest BCUT2D eigenvalue weighted by molar-refractivity contribution is 0.0933. The second-order valence-electron chi connectivity index (χ2n) is 9.14. The number of furan rings is 1. The van der Waals surface area contributed by atoms with Crippen LogP contribution in [-0.4, -0.2) is 74.0 Å². The van der Waals surface area contributed by atoms with E-state index in [2.05, 4.69) is 4.98 Å². The molecule has 0 saturated carbocycles. The monoisotopic (exact) mass is 598 g/mol. The number of aromatic nitrogens is 1. The van der Waals surface area contributed by atoms with Crippen molar-refractivity contribution in [2.24, 2.45) is 0 Å². The first-order valence-electron chi connectivity index (χ1n) is 13.2. The van der Waals surface area contributed by atoms with Crippen molar-refractivity contribution < 1.29 is 31.9 Å². The maximum Gasteiger partial charge on any atom is 0.409 e. The molecule has 216 valence electrons. The molecule has 41 heavy (non-hydrogen) atoms. The number of sulfonamides is 1. The van der Waals surface area contributed by atoms with E-state index in [9.17, 15) is 18.0 Å². The predicted octanol–water partition coefficient (Wildman–Crippen LogP) is 4.60. The summed E-state index contributed by atoms with van der Waals surface area (Å²) in [6.45, 7) is 5.37. The highest BCUT2D eigenvalue weighted by Gasteiger charge is 2.31. The number of carbonyl (C=O) groups is 2. The van der Waals surface area contributed by atoms with E-state index in [0.29, 0.717) is 23.1 Å². The molecule has 0 unspecified atom stereocenters. The van der Waals surface area contributed by atoms with Gasteiger partial charge in [-0.25, -0.2) is 18.2 Å². The van der Waals surface area contributed by atoms with Crippen LogP contribution in [0.25, 0.3) is 10.2 Å². The van der Waals surface area contributed by atoms with E-state index in [1.165, 1.54) is 56.0 Å². The average molecular weight is 599 g/mol. The maximum absolute atomic E-state index is 13.8. The van der Waals surface area contributed by atoms with Crippen LogP contribution in [0.1, 0.15) is 30.0 Å². The van der Waals surface area contributed by atoms with Gasteiger partial charge in [0, 0.05) is 31.7 Å². The molecule has 2 aromatic carbocycles. The number of amides is 2. The van der Waals surface area contributed by atoms with Crippen LogP contribution >= 0.6 is 11.3 Å². The Labute approximate surface area is 241 Å². The van der Waals surface area contributed by atoms with Gasteiger partial charge in [0.15, 0.2) is 5.13 Å². The Morgan fingerprint density at radius 3 is 2.44 bits per heavy atom. The third-order valence-corrected chi connectivity index (χ3v) is 9.49. The Hall–Kier alpha value is -3.94. The third-order valence-electron chi connectivity index (χ3n) is 6.53. The zero-order valence-electron chi connectivity index (χ0n) is 22.7. The van der Waals surface area contributed by atoms with Gasteiger partial charge in [-0.05, 0) is 68.4 Å². The lowest BCUT2D eigenvalue weighted by Gasteiger charge is -2.33. The van der Waals surface area contributed by atoms with Crippen LogP contribution in [0.5, 0.6) is 5.75 Å². The van der Waals surface area contributed by atoms with Crippen molar-refractivity contribution in [3.63, 3.8) is 0 Å². The van der Waals surface area contributed by atoms with Crippen molar-refractivity contribution in [1.82, 2.24) is 14.2 Å². The van der Waals surface area contributed by atoms with Gasteiger partial charge in [0.25, 0.3) is 5.91 Å². The Bertz CT molecular complexity index is 1610. The van der Waals surface area contributed by atoms with Crippen LogP contribution in [0.2, 0.25) is 0 Å². The fourth-order valence-corrected chi connectivity index (χ4v) is 6.86. The van der Waals surface area contributed by atoms with Crippen LogP contribution in [0.15, 0.2) is 70.2 Å². The van der Waals surface area contributed by atoms with Crippen molar-refractivity contribution in [3.8, 4) is 5.75 Å². The molecule has 4 aromatic rings. The summed E-state index contributed by atoms with van der Waals surface area (Å²) in [7, 11) is -3.81. The molecule has 3 heterocycles. The summed E-state index contributed by atoms with van der Waals surface area (Å²) in [6.07, 6.45) is 1.09. The van der Waals surface area contributed by atoms with Gasteiger partial charge in [0.2, 0.25) is 10.0 Å². The minimum atomic E-state index is -3.81. The van der Waals surface area contributed by atoms with E-state index in [0.717, 1.165) is 16.0 Å². The molecular formula is C28H30N4O7S2. The first-order chi connectivity index (χ1) is 19.8. The van der Waals surface area contributed by atoms with Gasteiger partial charge in [0.05, 0.1) is 41.1 Å². The van der Waals surface area contributed by atoms with Crippen LogP contribution in [0, 0.1) is 0 Å². The lowest BCUT2D eigenvalue weighted by Crippen LogP contribution is -2.50. The van der Waals surface area contributed by atoms with Crippen LogP contribution in [0.3, 0.4) is 0 Å². The lowest BCUT2D eigenvalue weighted by atomic mass is 10.2. The Morgan fingerprint density at radius 1 is 1.02 bits per heavy atom. The maximum atomic E-state index is 13.8. The van der Waals surface area contributed by atoms with E-state index in [1.54, 1.807) is 19.1 Å². The number of hydrogen-bond donors (Lipinski definition) is 0. The molecule has 0 aliphatic carbocycles. The van der Waals surface area contributed by atoms with Crippen LogP contribution in [-0.2, 0) is 21.3 Å². The van der Waals surface area contributed by atoms with E-state index < -0.39 is 16.1 Å². The topological polar surface area (TPSA) is 122 Å². The molecule has 0 spiro atoms. The van der Waals surface area contributed by atoms with Gasteiger partial charge in [-0.2, -0.15) is 4.31 Å². The van der Waals surface area contributed by atoms with Gasteiger partial charge in [-0.1, -0.05) is 11.3 Å². The molecule has 0 bridgehead atoms. The molecule has 13 heteroatoms. The van der Waals surface area contributed by atoms with Crippen LogP contribution in [0.4, 0.5) is 9.93 Å². The van der Waals surface area contributed by atoms with Crippen molar-refractivity contribution in [1.29, 1.82) is 0 Å². The summed E-state index contributed by atoms with van der Waals surface area (Å²) in [5.41, 5.74) is 1.03. The largest absolute Gasteiger partial charge is 0.494 e. The minimum absolute atomic E-state index is 0.0691. The summed E-state index contributed by atoms with van der Waals surface area (Å²) in [5, 5.41) is 0.478. The first kappa shape index (κ1) is 28.6. The number of anilines is 1. The number of ether oxygens (including phenoxy) is 2. The Kier molecular flexibility index (Phi) is 8.57. The number of fused-ring (bicyclic) bond motifs is 1. The van der Waals surface area contributed by atoms with Crippen molar-refractivity contribution in [2.45, 2.75) is 25.3 Å². The zero-order valence-corrected chi connectivity index (χ0v) is 24.3. The zero-order chi connectivity index (χ0) is 29.0. The van der Waals surface area contributed by atoms with E-state index in [-0.39, 0.29) is 50.1 Å². The summed E-state index contributed by atoms with van der Waals surface area (Å²) >= 11 is 1.35. The SMILES string of the molecule is CCOC(=O)N1CCN(S(=O)(=O)c2ccc(C(=O)N(Cc3ccco3)c3nc4ccc(OCC)cc4s3)cc2)CC1. The number of rotatable bonds is 9.